The fourth-order valence-electron chi connectivity index (χ4n) is 13.5. The highest BCUT2D eigenvalue weighted by Crippen LogP contribution is 2.60. The molecule has 11 aromatic carbocycles. The summed E-state index contributed by atoms with van der Waals surface area (Å²) in [5.74, 6) is 2.04. The normalized spacial score (nSPS) is 15.2. The molecular formula is C83H70N4O. The van der Waals surface area contributed by atoms with E-state index in [4.69, 9.17) is 17.9 Å². The summed E-state index contributed by atoms with van der Waals surface area (Å²) < 4.78 is 80.2. The summed E-state index contributed by atoms with van der Waals surface area (Å²) in [5.41, 5.74) is 17.5. The van der Waals surface area contributed by atoms with Gasteiger partial charge in [0.1, 0.15) is 17.3 Å². The summed E-state index contributed by atoms with van der Waals surface area (Å²) in [6.45, 7) is 7.82. The second-order valence-corrected chi connectivity index (χ2v) is 25.5. The average Bonchev–Trinajstić information content (AvgIpc) is 1.43. The molecule has 0 bridgehead atoms. The van der Waals surface area contributed by atoms with Gasteiger partial charge in [-0.05, 0) is 176 Å². The molecule has 0 fully saturated rings. The Kier molecular flexibility index (Phi) is 11.0. The van der Waals surface area contributed by atoms with Gasteiger partial charge in [-0.25, -0.2) is 4.98 Å². The molecule has 13 aromatic rings. The van der Waals surface area contributed by atoms with Crippen LogP contribution in [0.4, 0.5) is 22.7 Å². The van der Waals surface area contributed by atoms with Crippen LogP contribution in [0.25, 0.3) is 72.1 Å². The third kappa shape index (κ3) is 9.36. The van der Waals surface area contributed by atoms with Gasteiger partial charge in [0.25, 0.3) is 0 Å². The van der Waals surface area contributed by atoms with E-state index in [-0.39, 0.29) is 16.5 Å². The number of anilines is 4. The number of hydrogen-bond acceptors (Lipinski definition) is 4. The van der Waals surface area contributed by atoms with Crippen molar-refractivity contribution < 1.29 is 15.7 Å². The molecule has 2 aliphatic carbocycles. The van der Waals surface area contributed by atoms with Crippen LogP contribution in [0.2, 0.25) is 0 Å². The number of aromatic nitrogens is 2. The lowest BCUT2D eigenvalue weighted by Gasteiger charge is -2.40. The zero-order valence-corrected chi connectivity index (χ0v) is 50.1. The minimum atomic E-state index is -2.63. The Hall–Kier alpha value is -10.2. The predicted octanol–water partition coefficient (Wildman–Crippen LogP) is 21.9. The number of para-hydroxylation sites is 3. The van der Waals surface area contributed by atoms with Crippen molar-refractivity contribution >= 4 is 44.6 Å². The van der Waals surface area contributed by atoms with Crippen molar-refractivity contribution in [1.82, 2.24) is 9.55 Å². The molecule has 88 heavy (non-hydrogen) atoms. The number of benzene rings is 11. The van der Waals surface area contributed by atoms with Gasteiger partial charge in [-0.15, -0.1) is 0 Å². The minimum Gasteiger partial charge on any atom is -0.457 e. The monoisotopic (exact) mass is 1150 g/mol. The highest BCUT2D eigenvalue weighted by Gasteiger charge is 2.49. The van der Waals surface area contributed by atoms with E-state index in [9.17, 15) is 2.74 Å². The van der Waals surface area contributed by atoms with E-state index in [0.717, 1.165) is 100 Å². The molecule has 5 nitrogen and oxygen atoms in total. The highest BCUT2D eigenvalue weighted by molar-refractivity contribution is 6.09. The Morgan fingerprint density at radius 2 is 1.05 bits per heavy atom. The van der Waals surface area contributed by atoms with Crippen LogP contribution in [0.1, 0.15) is 108 Å². The van der Waals surface area contributed by atoms with Gasteiger partial charge in [0.2, 0.25) is 0 Å². The van der Waals surface area contributed by atoms with Crippen LogP contribution in [0, 0.1) is 13.7 Å². The van der Waals surface area contributed by atoms with E-state index in [1.165, 1.54) is 11.6 Å². The summed E-state index contributed by atoms with van der Waals surface area (Å²) in [7, 11) is 0. The Labute approximate surface area is 528 Å². The molecule has 0 radical (unpaired) electrons. The fraction of sp³-hybridized carbons (Fsp3) is 0.145. The van der Waals surface area contributed by atoms with Crippen LogP contribution in [0.3, 0.4) is 0 Å². The first-order chi connectivity index (χ1) is 45.8. The van der Waals surface area contributed by atoms with Crippen LogP contribution in [-0.4, -0.2) is 9.55 Å². The maximum absolute atomic E-state index is 9.64. The zero-order chi connectivity index (χ0) is 66.8. The van der Waals surface area contributed by atoms with Crippen LogP contribution < -0.4 is 15.4 Å². The molecule has 5 heteroatoms. The quantitative estimate of drug-likeness (QED) is 0.143. The van der Waals surface area contributed by atoms with E-state index in [1.54, 1.807) is 12.1 Å². The third-order valence-corrected chi connectivity index (χ3v) is 17.8. The number of ether oxygens (including phenoxy) is 1. The molecule has 0 atom stereocenters. The number of nitrogens with zero attached hydrogens (tertiary/aromatic N) is 2. The first-order valence-electron chi connectivity index (χ1n) is 34.2. The van der Waals surface area contributed by atoms with Crippen molar-refractivity contribution in [3.63, 3.8) is 0 Å². The van der Waals surface area contributed by atoms with Gasteiger partial charge in [0.05, 0.1) is 33.5 Å². The standard InChI is InChI=1S/C83H70N4O/c1-52-42-53(2)44-59(43-52)69-48-61(82(6,7)8)47-68(55-34-40-74-70(46-55)65-24-11-15-28-73(65)83(74)71-26-13-9-20-56(71)45-57-21-10-14-27-72(57)83)80(69)86-76-30-17-16-29-75(76)85-62-22-19-23-63(49-62)88-64-38-39-67-66-25-12-18-31-77(66)87(78(67)50-64)79-41-35-58(51-84-79)54-32-36-60(37-33-54)81(3,4)5/h9-44,46-51,85-86H,45H2,1-8H3/i1D3,2D3,45D2. The molecule has 15 rings (SSSR count). The molecule has 0 aliphatic heterocycles. The number of fused-ring (bicyclic) bond motifs is 12. The Morgan fingerprint density at radius 1 is 0.443 bits per heavy atom. The summed E-state index contributed by atoms with van der Waals surface area (Å²) in [4.78, 5) is 5.05. The summed E-state index contributed by atoms with van der Waals surface area (Å²) in [6, 6.07) is 82.8. The lowest BCUT2D eigenvalue weighted by molar-refractivity contribution is 0.483. The Bertz CT molecular complexity index is 5160. The minimum absolute atomic E-state index is 0.0561. The van der Waals surface area contributed by atoms with Gasteiger partial charge < -0.3 is 15.4 Å². The number of hydrogen-bond donors (Lipinski definition) is 2. The van der Waals surface area contributed by atoms with Crippen molar-refractivity contribution in [3.8, 4) is 61.8 Å². The topological polar surface area (TPSA) is 51.1 Å². The molecule has 0 unspecified atom stereocenters. The van der Waals surface area contributed by atoms with Crippen LogP contribution in [0.5, 0.6) is 11.5 Å². The van der Waals surface area contributed by atoms with Crippen LogP contribution in [0.15, 0.2) is 255 Å². The van der Waals surface area contributed by atoms with Crippen molar-refractivity contribution in [2.75, 3.05) is 10.6 Å². The van der Waals surface area contributed by atoms with E-state index in [1.807, 2.05) is 97.2 Å². The molecule has 428 valence electrons. The molecular weight excluding hydrogens is 1070 g/mol. The highest BCUT2D eigenvalue weighted by atomic mass is 16.5. The smallest absolute Gasteiger partial charge is 0.137 e. The summed E-state index contributed by atoms with van der Waals surface area (Å²) in [5, 5.41) is 9.77. The Morgan fingerprint density at radius 3 is 1.75 bits per heavy atom. The van der Waals surface area contributed by atoms with Gasteiger partial charge in [-0.2, -0.15) is 0 Å². The molecule has 1 spiro atoms. The zero-order valence-electron chi connectivity index (χ0n) is 58.1. The molecule has 0 saturated carbocycles. The average molecular weight is 1150 g/mol. The van der Waals surface area contributed by atoms with Crippen LogP contribution in [-0.2, 0) is 22.6 Å². The van der Waals surface area contributed by atoms with Gasteiger partial charge in [0.15, 0.2) is 0 Å². The fourth-order valence-corrected chi connectivity index (χ4v) is 13.5. The van der Waals surface area contributed by atoms with Gasteiger partial charge in [0, 0.05) is 62.4 Å². The summed E-state index contributed by atoms with van der Waals surface area (Å²) >= 11 is 0. The van der Waals surface area contributed by atoms with Crippen molar-refractivity contribution in [3.05, 3.63) is 311 Å². The first kappa shape index (κ1) is 46.0. The summed E-state index contributed by atoms with van der Waals surface area (Å²) in [6.07, 6.45) is 0.184. The Balaban J connectivity index is 0.832. The maximum Gasteiger partial charge on any atom is 0.137 e. The van der Waals surface area contributed by atoms with E-state index >= 15 is 0 Å². The van der Waals surface area contributed by atoms with Crippen molar-refractivity contribution in [2.24, 2.45) is 0 Å². The van der Waals surface area contributed by atoms with E-state index in [0.29, 0.717) is 45.1 Å². The molecule has 0 amide bonds. The van der Waals surface area contributed by atoms with Crippen molar-refractivity contribution in [2.45, 2.75) is 77.9 Å². The van der Waals surface area contributed by atoms with Crippen LogP contribution >= 0.6 is 0 Å². The number of rotatable bonds is 10. The SMILES string of the molecule is [2H]C([2H])([2H])c1cc(-c2cc(C(C)(C)C)cc(-c3ccc4c(c3)-c3ccccc3C43c4ccccc4C([2H])([2H])c4ccccc43)c2Nc2ccccc2Nc2cccc(Oc3ccc4c5ccccc5n(-c5ccc(-c6ccc(C(C)(C)C)cc6)cn5)c4c3)c2)cc(C([2H])([2H])[2H])c1. The second-order valence-electron chi connectivity index (χ2n) is 25.5. The maximum atomic E-state index is 9.64. The van der Waals surface area contributed by atoms with E-state index in [2.05, 4.69) is 196 Å². The third-order valence-electron chi connectivity index (χ3n) is 17.8. The molecule has 2 aliphatic rings. The van der Waals surface area contributed by atoms with Gasteiger partial charge >= 0.3 is 0 Å². The van der Waals surface area contributed by atoms with Gasteiger partial charge in [-0.1, -0.05) is 216 Å². The molecule has 0 saturated heterocycles. The number of aryl methyl sites for hydroxylation is 2. The number of nitrogens with one attached hydrogen (secondary N) is 2. The molecule has 2 N–H and O–H groups in total. The predicted molar refractivity (Wildman–Crippen MR) is 368 cm³/mol. The van der Waals surface area contributed by atoms with E-state index < -0.39 is 30.9 Å². The van der Waals surface area contributed by atoms with Gasteiger partial charge in [-0.3, -0.25) is 4.57 Å². The molecule has 2 heterocycles. The molecule has 2 aromatic heterocycles. The lowest BCUT2D eigenvalue weighted by Crippen LogP contribution is -2.34. The largest absolute Gasteiger partial charge is 0.457 e. The second kappa shape index (κ2) is 21.0. The number of pyridine rings is 1. The van der Waals surface area contributed by atoms with Crippen molar-refractivity contribution in [1.29, 1.82) is 0 Å². The first-order valence-corrected chi connectivity index (χ1v) is 30.2. The lowest BCUT2D eigenvalue weighted by atomic mass is 9.61.